The lowest BCUT2D eigenvalue weighted by Gasteiger charge is -2.09. The maximum Gasteiger partial charge on any atom is 0.452 e. The quantitative estimate of drug-likeness (QED) is 0.921. The fourth-order valence-corrected chi connectivity index (χ4v) is 2.90. The second kappa shape index (κ2) is 4.48. The van der Waals surface area contributed by atoms with Gasteiger partial charge in [0.15, 0.2) is 0 Å². The molecule has 0 radical (unpaired) electrons. The summed E-state index contributed by atoms with van der Waals surface area (Å²) in [4.78, 5) is 3.48. The Kier molecular flexibility index (Phi) is 2.93. The first-order valence-electron chi connectivity index (χ1n) is 5.76. The molecule has 0 bridgehead atoms. The second-order valence-corrected chi connectivity index (χ2v) is 5.19. The van der Waals surface area contributed by atoms with Crippen LogP contribution in [-0.2, 0) is 19.0 Å². The normalized spacial score (nSPS) is 15.5. The molecule has 0 fully saturated rings. The third-order valence-corrected chi connectivity index (χ3v) is 3.70. The monoisotopic (exact) mass is 285 g/mol. The molecule has 0 saturated carbocycles. The SMILES string of the molecule is FC(F)(F)c1nsc(NC2Cc3ccccc3C2)n1. The molecular weight excluding hydrogens is 275 g/mol. The minimum atomic E-state index is -4.48. The molecule has 100 valence electrons. The van der Waals surface area contributed by atoms with Crippen LogP contribution in [0.3, 0.4) is 0 Å². The summed E-state index contributed by atoms with van der Waals surface area (Å²) in [5.41, 5.74) is 2.47. The number of fused-ring (bicyclic) bond motifs is 1. The molecule has 3 rings (SSSR count). The predicted octanol–water partition coefficient (Wildman–Crippen LogP) is 3.14. The molecule has 0 atom stereocenters. The summed E-state index contributed by atoms with van der Waals surface area (Å²) < 4.78 is 40.5. The van der Waals surface area contributed by atoms with Gasteiger partial charge in [0, 0.05) is 17.6 Å². The number of anilines is 1. The molecule has 0 spiro atoms. The Bertz CT molecular complexity index is 569. The Labute approximate surface area is 111 Å². The van der Waals surface area contributed by atoms with Crippen molar-refractivity contribution >= 4 is 16.7 Å². The third-order valence-electron chi connectivity index (χ3n) is 3.06. The van der Waals surface area contributed by atoms with E-state index in [0.29, 0.717) is 0 Å². The zero-order valence-electron chi connectivity index (χ0n) is 9.74. The van der Waals surface area contributed by atoms with E-state index in [-0.39, 0.29) is 11.2 Å². The standard InChI is InChI=1S/C12H10F3N3S/c13-12(14,15)10-17-11(19-18-10)16-9-5-7-3-1-2-4-8(7)6-9/h1-4,9H,5-6H2,(H,16,17,18). The maximum absolute atomic E-state index is 12.4. The fraction of sp³-hybridized carbons (Fsp3) is 0.333. The number of hydrogen-bond donors (Lipinski definition) is 1. The Hall–Kier alpha value is -1.63. The number of rotatable bonds is 2. The van der Waals surface area contributed by atoms with Crippen molar-refractivity contribution in [3.8, 4) is 0 Å². The molecule has 1 aromatic heterocycles. The highest BCUT2D eigenvalue weighted by molar-refractivity contribution is 7.09. The molecule has 2 aromatic rings. The van der Waals surface area contributed by atoms with E-state index in [1.54, 1.807) is 0 Å². The number of halogens is 3. The maximum atomic E-state index is 12.4. The molecule has 1 heterocycles. The van der Waals surface area contributed by atoms with Crippen molar-refractivity contribution in [2.45, 2.75) is 25.1 Å². The largest absolute Gasteiger partial charge is 0.452 e. The number of hydrogen-bond acceptors (Lipinski definition) is 4. The zero-order chi connectivity index (χ0) is 13.5. The molecule has 7 heteroatoms. The second-order valence-electron chi connectivity index (χ2n) is 4.44. The van der Waals surface area contributed by atoms with Crippen LogP contribution in [0.25, 0.3) is 0 Å². The summed E-state index contributed by atoms with van der Waals surface area (Å²) in [7, 11) is 0. The van der Waals surface area contributed by atoms with Crippen LogP contribution in [0.15, 0.2) is 24.3 Å². The van der Waals surface area contributed by atoms with E-state index in [0.717, 1.165) is 24.4 Å². The Morgan fingerprint density at radius 2 is 1.79 bits per heavy atom. The highest BCUT2D eigenvalue weighted by Crippen LogP contribution is 2.30. The van der Waals surface area contributed by atoms with E-state index < -0.39 is 12.0 Å². The predicted molar refractivity (Wildman–Crippen MR) is 66.2 cm³/mol. The van der Waals surface area contributed by atoms with Gasteiger partial charge in [-0.3, -0.25) is 0 Å². The molecule has 0 saturated heterocycles. The fourth-order valence-electron chi connectivity index (χ4n) is 2.23. The molecule has 1 aliphatic carbocycles. The van der Waals surface area contributed by atoms with E-state index in [9.17, 15) is 13.2 Å². The van der Waals surface area contributed by atoms with Gasteiger partial charge in [0.25, 0.3) is 0 Å². The summed E-state index contributed by atoms with van der Waals surface area (Å²) in [6, 6.07) is 8.10. The van der Waals surface area contributed by atoms with Gasteiger partial charge in [-0.25, -0.2) is 0 Å². The van der Waals surface area contributed by atoms with Gasteiger partial charge in [0.05, 0.1) is 0 Å². The molecule has 1 N–H and O–H groups in total. The van der Waals surface area contributed by atoms with E-state index >= 15 is 0 Å². The molecule has 0 amide bonds. The van der Waals surface area contributed by atoms with Crippen LogP contribution in [0.2, 0.25) is 0 Å². The zero-order valence-corrected chi connectivity index (χ0v) is 10.6. The van der Waals surface area contributed by atoms with Crippen LogP contribution in [0.4, 0.5) is 18.3 Å². The average Bonchev–Trinajstić information content (AvgIpc) is 2.94. The summed E-state index contributed by atoms with van der Waals surface area (Å²) in [5, 5.41) is 3.25. The van der Waals surface area contributed by atoms with Crippen LogP contribution in [0, 0.1) is 0 Å². The first-order chi connectivity index (χ1) is 9.02. The Morgan fingerprint density at radius 3 is 2.32 bits per heavy atom. The lowest BCUT2D eigenvalue weighted by atomic mass is 10.1. The lowest BCUT2D eigenvalue weighted by molar-refractivity contribution is -0.144. The van der Waals surface area contributed by atoms with Gasteiger partial charge in [-0.1, -0.05) is 24.3 Å². The number of aromatic nitrogens is 2. The molecule has 19 heavy (non-hydrogen) atoms. The highest BCUT2D eigenvalue weighted by atomic mass is 32.1. The van der Waals surface area contributed by atoms with Gasteiger partial charge >= 0.3 is 6.18 Å². The highest BCUT2D eigenvalue weighted by Gasteiger charge is 2.36. The minimum absolute atomic E-state index is 0.0893. The van der Waals surface area contributed by atoms with Crippen LogP contribution in [0.1, 0.15) is 17.0 Å². The number of benzene rings is 1. The first kappa shape index (κ1) is 12.4. The minimum Gasteiger partial charge on any atom is -0.357 e. The molecule has 1 aromatic carbocycles. The summed E-state index contributed by atoms with van der Waals surface area (Å²) in [6.45, 7) is 0. The number of nitrogens with one attached hydrogen (secondary N) is 1. The van der Waals surface area contributed by atoms with Gasteiger partial charge in [-0.2, -0.15) is 22.5 Å². The van der Waals surface area contributed by atoms with Crippen molar-refractivity contribution in [3.63, 3.8) is 0 Å². The molecular formula is C12H10F3N3S. The summed E-state index contributed by atoms with van der Waals surface area (Å²) in [6.07, 6.45) is -2.87. The van der Waals surface area contributed by atoms with Crippen molar-refractivity contribution in [1.82, 2.24) is 9.36 Å². The Balaban J connectivity index is 1.70. The summed E-state index contributed by atoms with van der Waals surface area (Å²) in [5.74, 6) is -1.07. The van der Waals surface area contributed by atoms with Gasteiger partial charge in [-0.15, -0.1) is 0 Å². The Morgan fingerprint density at radius 1 is 1.16 bits per heavy atom. The number of nitrogens with zero attached hydrogens (tertiary/aromatic N) is 2. The van der Waals surface area contributed by atoms with Crippen LogP contribution in [-0.4, -0.2) is 15.4 Å². The van der Waals surface area contributed by atoms with Gasteiger partial charge in [0.1, 0.15) is 0 Å². The van der Waals surface area contributed by atoms with E-state index in [4.69, 9.17) is 0 Å². The third kappa shape index (κ3) is 2.56. The van der Waals surface area contributed by atoms with Crippen molar-refractivity contribution in [2.75, 3.05) is 5.32 Å². The topological polar surface area (TPSA) is 37.8 Å². The van der Waals surface area contributed by atoms with Crippen molar-refractivity contribution < 1.29 is 13.2 Å². The lowest BCUT2D eigenvalue weighted by Crippen LogP contribution is -2.19. The van der Waals surface area contributed by atoms with Crippen molar-refractivity contribution in [1.29, 1.82) is 0 Å². The van der Waals surface area contributed by atoms with Gasteiger partial charge in [-0.05, 0) is 24.0 Å². The first-order valence-corrected chi connectivity index (χ1v) is 6.54. The molecule has 3 nitrogen and oxygen atoms in total. The van der Waals surface area contributed by atoms with Crippen LogP contribution >= 0.6 is 11.5 Å². The van der Waals surface area contributed by atoms with Crippen LogP contribution < -0.4 is 5.32 Å². The molecule has 0 aliphatic heterocycles. The van der Waals surface area contributed by atoms with E-state index in [1.165, 1.54) is 11.1 Å². The average molecular weight is 285 g/mol. The van der Waals surface area contributed by atoms with Gasteiger partial charge < -0.3 is 5.32 Å². The molecule has 0 unspecified atom stereocenters. The van der Waals surface area contributed by atoms with Crippen LogP contribution in [0.5, 0.6) is 0 Å². The van der Waals surface area contributed by atoms with Crippen molar-refractivity contribution in [2.24, 2.45) is 0 Å². The van der Waals surface area contributed by atoms with E-state index in [1.807, 2.05) is 24.3 Å². The summed E-state index contributed by atoms with van der Waals surface area (Å²) >= 11 is 0.750. The van der Waals surface area contributed by atoms with E-state index in [2.05, 4.69) is 14.7 Å². The smallest absolute Gasteiger partial charge is 0.357 e. The molecule has 1 aliphatic rings. The van der Waals surface area contributed by atoms with Crippen molar-refractivity contribution in [3.05, 3.63) is 41.2 Å². The van der Waals surface area contributed by atoms with Gasteiger partial charge in [0.2, 0.25) is 11.0 Å². The number of alkyl halides is 3.